The SMILES string of the molecule is NS(=O)(=O)C1CC(=O)N(c2ccc(Cn3ccnc3)cc2)C1. The number of nitrogens with zero attached hydrogens (tertiary/aromatic N) is 3. The number of nitrogens with two attached hydrogens (primary N) is 1. The van der Waals surface area contributed by atoms with Crippen LogP contribution in [0.1, 0.15) is 12.0 Å². The fraction of sp³-hybridized carbons (Fsp3) is 0.286. The Labute approximate surface area is 128 Å². The quantitative estimate of drug-likeness (QED) is 0.877. The maximum Gasteiger partial charge on any atom is 0.228 e. The molecule has 2 N–H and O–H groups in total. The molecule has 0 aliphatic carbocycles. The number of benzene rings is 1. The summed E-state index contributed by atoms with van der Waals surface area (Å²) in [7, 11) is -3.69. The predicted octanol–water partition coefficient (Wildman–Crippen LogP) is 0.325. The molecular formula is C14H16N4O3S. The smallest absolute Gasteiger partial charge is 0.228 e. The van der Waals surface area contributed by atoms with Gasteiger partial charge in [0.05, 0.1) is 6.33 Å². The molecule has 1 atom stereocenters. The van der Waals surface area contributed by atoms with Crippen molar-refractivity contribution in [2.24, 2.45) is 5.14 Å². The molecule has 8 heteroatoms. The zero-order valence-corrected chi connectivity index (χ0v) is 12.6. The average molecular weight is 320 g/mol. The second kappa shape index (κ2) is 5.54. The highest BCUT2D eigenvalue weighted by Crippen LogP contribution is 2.24. The summed E-state index contributed by atoms with van der Waals surface area (Å²) < 4.78 is 24.7. The van der Waals surface area contributed by atoms with Gasteiger partial charge >= 0.3 is 0 Å². The predicted molar refractivity (Wildman–Crippen MR) is 81.6 cm³/mol. The van der Waals surface area contributed by atoms with Gasteiger partial charge in [-0.15, -0.1) is 0 Å². The molecule has 1 aromatic carbocycles. The fourth-order valence-electron chi connectivity index (χ4n) is 2.52. The minimum Gasteiger partial charge on any atom is -0.333 e. The highest BCUT2D eigenvalue weighted by molar-refractivity contribution is 7.89. The second-order valence-corrected chi connectivity index (χ2v) is 7.17. The van der Waals surface area contributed by atoms with Crippen LogP contribution in [0.5, 0.6) is 0 Å². The molecule has 0 radical (unpaired) electrons. The fourth-order valence-corrected chi connectivity index (χ4v) is 3.25. The van der Waals surface area contributed by atoms with E-state index in [0.717, 1.165) is 5.56 Å². The summed E-state index contributed by atoms with van der Waals surface area (Å²) >= 11 is 0. The van der Waals surface area contributed by atoms with Crippen molar-refractivity contribution in [3.8, 4) is 0 Å². The van der Waals surface area contributed by atoms with Gasteiger partial charge in [-0.05, 0) is 17.7 Å². The van der Waals surface area contributed by atoms with Gasteiger partial charge in [0.15, 0.2) is 0 Å². The number of hydrogen-bond acceptors (Lipinski definition) is 4. The van der Waals surface area contributed by atoms with Crippen LogP contribution in [0.25, 0.3) is 0 Å². The second-order valence-electron chi connectivity index (χ2n) is 5.32. The van der Waals surface area contributed by atoms with Gasteiger partial charge in [0.25, 0.3) is 0 Å². The minimum absolute atomic E-state index is 0.0599. The molecule has 1 aliphatic rings. The highest BCUT2D eigenvalue weighted by atomic mass is 32.2. The number of hydrogen-bond donors (Lipinski definition) is 1. The van der Waals surface area contributed by atoms with Crippen LogP contribution < -0.4 is 10.0 Å². The van der Waals surface area contributed by atoms with Gasteiger partial charge in [0.1, 0.15) is 5.25 Å². The van der Waals surface area contributed by atoms with E-state index in [9.17, 15) is 13.2 Å². The molecule has 1 aromatic heterocycles. The monoisotopic (exact) mass is 320 g/mol. The number of anilines is 1. The Hall–Kier alpha value is -2.19. The van der Waals surface area contributed by atoms with E-state index in [0.29, 0.717) is 12.2 Å². The van der Waals surface area contributed by atoms with E-state index in [1.54, 1.807) is 12.5 Å². The third kappa shape index (κ3) is 3.02. The average Bonchev–Trinajstić information content (AvgIpc) is 3.09. The Bertz CT molecular complexity index is 769. The molecule has 7 nitrogen and oxygen atoms in total. The molecule has 1 saturated heterocycles. The number of rotatable bonds is 4. The van der Waals surface area contributed by atoms with Crippen molar-refractivity contribution in [1.29, 1.82) is 0 Å². The summed E-state index contributed by atoms with van der Waals surface area (Å²) in [6.07, 6.45) is 5.25. The summed E-state index contributed by atoms with van der Waals surface area (Å²) in [6.45, 7) is 0.798. The van der Waals surface area contributed by atoms with Gasteiger partial charge in [-0.3, -0.25) is 4.79 Å². The van der Waals surface area contributed by atoms with E-state index in [4.69, 9.17) is 5.14 Å². The summed E-state index contributed by atoms with van der Waals surface area (Å²) in [5, 5.41) is 4.30. The van der Waals surface area contributed by atoms with Gasteiger partial charge in [0.2, 0.25) is 15.9 Å². The first-order valence-electron chi connectivity index (χ1n) is 6.80. The van der Waals surface area contributed by atoms with E-state index in [-0.39, 0.29) is 18.9 Å². The molecule has 1 aliphatic heterocycles. The van der Waals surface area contributed by atoms with Crippen LogP contribution in [-0.4, -0.2) is 35.7 Å². The maximum atomic E-state index is 12.0. The van der Waals surface area contributed by atoms with E-state index in [1.165, 1.54) is 4.90 Å². The normalized spacial score (nSPS) is 18.9. The van der Waals surface area contributed by atoms with Crippen LogP contribution in [0.4, 0.5) is 5.69 Å². The molecule has 116 valence electrons. The van der Waals surface area contributed by atoms with E-state index in [2.05, 4.69) is 4.98 Å². The number of primary sulfonamides is 1. The van der Waals surface area contributed by atoms with Crippen molar-refractivity contribution >= 4 is 21.6 Å². The van der Waals surface area contributed by atoms with Gasteiger partial charge in [-0.2, -0.15) is 0 Å². The lowest BCUT2D eigenvalue weighted by molar-refractivity contribution is -0.117. The van der Waals surface area contributed by atoms with Crippen molar-refractivity contribution in [3.63, 3.8) is 0 Å². The molecule has 0 bridgehead atoms. The first-order chi connectivity index (χ1) is 10.4. The summed E-state index contributed by atoms with van der Waals surface area (Å²) in [5.41, 5.74) is 1.75. The first-order valence-corrected chi connectivity index (χ1v) is 8.41. The van der Waals surface area contributed by atoms with Crippen LogP contribution in [0.2, 0.25) is 0 Å². The van der Waals surface area contributed by atoms with Gasteiger partial charge in [-0.1, -0.05) is 12.1 Å². The minimum atomic E-state index is -3.69. The maximum absolute atomic E-state index is 12.0. The summed E-state index contributed by atoms with van der Waals surface area (Å²) in [5.74, 6) is -0.221. The Morgan fingerprint density at radius 3 is 2.55 bits per heavy atom. The van der Waals surface area contributed by atoms with E-state index in [1.807, 2.05) is 35.0 Å². The van der Waals surface area contributed by atoms with Crippen molar-refractivity contribution in [2.45, 2.75) is 18.2 Å². The number of carbonyl (C=O) groups is 1. The van der Waals surface area contributed by atoms with Crippen LogP contribution in [0, 0.1) is 0 Å². The molecule has 22 heavy (non-hydrogen) atoms. The zero-order chi connectivity index (χ0) is 15.7. The van der Waals surface area contributed by atoms with Gasteiger partial charge < -0.3 is 9.47 Å². The van der Waals surface area contributed by atoms with Gasteiger partial charge in [-0.25, -0.2) is 18.5 Å². The number of imidazole rings is 1. The number of aromatic nitrogens is 2. The molecule has 1 amide bonds. The lowest BCUT2D eigenvalue weighted by atomic mass is 10.2. The largest absolute Gasteiger partial charge is 0.333 e. The standard InChI is InChI=1S/C14H16N4O3S/c15-22(20,21)13-7-14(19)18(9-13)12-3-1-11(2-4-12)8-17-6-5-16-10-17/h1-6,10,13H,7-9H2,(H2,15,20,21). The van der Waals surface area contributed by atoms with Gasteiger partial charge in [0, 0.05) is 37.6 Å². The molecular weight excluding hydrogens is 304 g/mol. The third-order valence-corrected chi connectivity index (χ3v) is 4.97. The Kier molecular flexibility index (Phi) is 3.71. The Balaban J connectivity index is 1.74. The van der Waals surface area contributed by atoms with Crippen LogP contribution in [0.3, 0.4) is 0 Å². The molecule has 2 aromatic rings. The van der Waals surface area contributed by atoms with Crippen molar-refractivity contribution in [1.82, 2.24) is 9.55 Å². The van der Waals surface area contributed by atoms with Crippen molar-refractivity contribution in [2.75, 3.05) is 11.4 Å². The Morgan fingerprint density at radius 2 is 2.00 bits per heavy atom. The number of carbonyl (C=O) groups excluding carboxylic acids is 1. The lowest BCUT2D eigenvalue weighted by Gasteiger charge is -2.16. The zero-order valence-electron chi connectivity index (χ0n) is 11.8. The topological polar surface area (TPSA) is 98.3 Å². The summed E-state index contributed by atoms with van der Waals surface area (Å²) in [4.78, 5) is 17.4. The first kappa shape index (κ1) is 14.7. The number of amides is 1. The third-order valence-electron chi connectivity index (χ3n) is 3.73. The van der Waals surface area contributed by atoms with Crippen molar-refractivity contribution in [3.05, 3.63) is 48.5 Å². The van der Waals surface area contributed by atoms with Crippen LogP contribution in [0.15, 0.2) is 43.0 Å². The molecule has 1 fully saturated rings. The molecule has 0 saturated carbocycles. The van der Waals surface area contributed by atoms with Crippen LogP contribution in [-0.2, 0) is 21.4 Å². The molecule has 2 heterocycles. The van der Waals surface area contributed by atoms with E-state index < -0.39 is 15.3 Å². The summed E-state index contributed by atoms with van der Waals surface area (Å²) in [6, 6.07) is 7.45. The number of sulfonamides is 1. The molecule has 0 spiro atoms. The lowest BCUT2D eigenvalue weighted by Crippen LogP contribution is -2.32. The van der Waals surface area contributed by atoms with E-state index >= 15 is 0 Å². The molecule has 3 rings (SSSR count). The molecule has 1 unspecified atom stereocenters. The van der Waals surface area contributed by atoms with Crippen molar-refractivity contribution < 1.29 is 13.2 Å². The highest BCUT2D eigenvalue weighted by Gasteiger charge is 2.37. The van der Waals surface area contributed by atoms with Crippen LogP contribution >= 0.6 is 0 Å². The Morgan fingerprint density at radius 1 is 1.27 bits per heavy atom.